The number of nitrogens with two attached hydrogens (primary N) is 1. The molecule has 1 aromatic rings. The largest absolute Gasteiger partial charge is 0.320 e. The Balaban J connectivity index is 2.60. The van der Waals surface area contributed by atoms with Gasteiger partial charge in [-0.15, -0.1) is 0 Å². The molecular formula is C7H14N4O2S. The summed E-state index contributed by atoms with van der Waals surface area (Å²) >= 11 is 0. The van der Waals surface area contributed by atoms with Crippen LogP contribution in [0.2, 0.25) is 0 Å². The van der Waals surface area contributed by atoms with E-state index in [-0.39, 0.29) is 4.90 Å². The van der Waals surface area contributed by atoms with Crippen molar-refractivity contribution >= 4 is 10.0 Å². The molecule has 0 saturated carbocycles. The minimum absolute atomic E-state index is 0.0574. The monoisotopic (exact) mass is 218 g/mol. The molecule has 3 N–H and O–H groups in total. The summed E-state index contributed by atoms with van der Waals surface area (Å²) in [7, 11) is -1.75. The van der Waals surface area contributed by atoms with E-state index in [1.165, 1.54) is 12.4 Å². The van der Waals surface area contributed by atoms with Gasteiger partial charge >= 0.3 is 0 Å². The number of nitrogens with one attached hydrogen (secondary N) is 1. The molecular weight excluding hydrogens is 204 g/mol. The zero-order valence-corrected chi connectivity index (χ0v) is 8.79. The number of aromatic nitrogens is 2. The molecule has 0 fully saturated rings. The van der Waals surface area contributed by atoms with Crippen LogP contribution < -0.4 is 10.5 Å². The number of nitrogens with zero attached hydrogens (tertiary/aromatic N) is 2. The molecule has 80 valence electrons. The Morgan fingerprint density at radius 1 is 1.64 bits per heavy atom. The van der Waals surface area contributed by atoms with Crippen molar-refractivity contribution in [3.8, 4) is 0 Å². The summed E-state index contributed by atoms with van der Waals surface area (Å²) in [6.45, 7) is 1.54. The average molecular weight is 218 g/mol. The highest BCUT2D eigenvalue weighted by Crippen LogP contribution is 2.03. The van der Waals surface area contributed by atoms with Crippen LogP contribution in [0.25, 0.3) is 0 Å². The van der Waals surface area contributed by atoms with Gasteiger partial charge in [0.25, 0.3) is 0 Å². The second-order valence-corrected chi connectivity index (χ2v) is 4.50. The van der Waals surface area contributed by atoms with Crippen molar-refractivity contribution < 1.29 is 8.42 Å². The SMILES string of the molecule is CNCCCn1cc(S(N)(=O)=O)cn1. The molecule has 1 aromatic heterocycles. The van der Waals surface area contributed by atoms with Crippen LogP contribution in [0.4, 0.5) is 0 Å². The minimum Gasteiger partial charge on any atom is -0.320 e. The highest BCUT2D eigenvalue weighted by atomic mass is 32.2. The van der Waals surface area contributed by atoms with Crippen molar-refractivity contribution in [1.82, 2.24) is 15.1 Å². The summed E-state index contributed by atoms with van der Waals surface area (Å²) in [5.74, 6) is 0. The molecule has 14 heavy (non-hydrogen) atoms. The minimum atomic E-state index is -3.61. The number of rotatable bonds is 5. The normalized spacial score (nSPS) is 11.9. The quantitative estimate of drug-likeness (QED) is 0.629. The molecule has 0 aliphatic carbocycles. The number of hydrogen-bond acceptors (Lipinski definition) is 4. The van der Waals surface area contributed by atoms with Crippen LogP contribution in [0, 0.1) is 0 Å². The fourth-order valence-corrected chi connectivity index (χ4v) is 1.49. The van der Waals surface area contributed by atoms with E-state index in [4.69, 9.17) is 5.14 Å². The first kappa shape index (κ1) is 11.2. The number of hydrogen-bond donors (Lipinski definition) is 2. The van der Waals surface area contributed by atoms with Gasteiger partial charge in [-0.3, -0.25) is 4.68 Å². The second kappa shape index (κ2) is 4.54. The van der Waals surface area contributed by atoms with Crippen LogP contribution in [0.5, 0.6) is 0 Å². The molecule has 6 nitrogen and oxygen atoms in total. The summed E-state index contributed by atoms with van der Waals surface area (Å²) in [4.78, 5) is 0.0574. The molecule has 0 aliphatic heterocycles. The van der Waals surface area contributed by atoms with Crippen molar-refractivity contribution in [1.29, 1.82) is 0 Å². The summed E-state index contributed by atoms with van der Waals surface area (Å²) in [6, 6.07) is 0. The average Bonchev–Trinajstić information content (AvgIpc) is 2.52. The van der Waals surface area contributed by atoms with Crippen molar-refractivity contribution in [2.24, 2.45) is 5.14 Å². The summed E-state index contributed by atoms with van der Waals surface area (Å²) in [6.07, 6.45) is 3.59. The fraction of sp³-hybridized carbons (Fsp3) is 0.571. The van der Waals surface area contributed by atoms with Gasteiger partial charge < -0.3 is 5.32 Å². The van der Waals surface area contributed by atoms with Crippen LogP contribution in [0.3, 0.4) is 0 Å². The maximum Gasteiger partial charge on any atom is 0.241 e. The van der Waals surface area contributed by atoms with Gasteiger partial charge in [0, 0.05) is 12.7 Å². The van der Waals surface area contributed by atoms with Gasteiger partial charge in [0.05, 0.1) is 6.20 Å². The molecule has 1 heterocycles. The third-order valence-electron chi connectivity index (χ3n) is 1.75. The lowest BCUT2D eigenvalue weighted by Gasteiger charge is -1.99. The maximum absolute atomic E-state index is 10.9. The van der Waals surface area contributed by atoms with Gasteiger partial charge in [-0.05, 0) is 20.0 Å². The van der Waals surface area contributed by atoms with Crippen LogP contribution in [-0.4, -0.2) is 31.8 Å². The second-order valence-electron chi connectivity index (χ2n) is 2.94. The van der Waals surface area contributed by atoms with Crippen LogP contribution in [-0.2, 0) is 16.6 Å². The van der Waals surface area contributed by atoms with Gasteiger partial charge in [-0.25, -0.2) is 13.6 Å². The Hall–Kier alpha value is -0.920. The summed E-state index contributed by atoms with van der Waals surface area (Å²) < 4.78 is 23.3. The van der Waals surface area contributed by atoms with E-state index in [2.05, 4.69) is 10.4 Å². The van der Waals surface area contributed by atoms with E-state index >= 15 is 0 Å². The highest BCUT2D eigenvalue weighted by molar-refractivity contribution is 7.89. The first-order valence-corrected chi connectivity index (χ1v) is 5.78. The first-order valence-electron chi connectivity index (χ1n) is 4.24. The smallest absolute Gasteiger partial charge is 0.241 e. The van der Waals surface area contributed by atoms with Gasteiger partial charge in [0.2, 0.25) is 10.0 Å². The lowest BCUT2D eigenvalue weighted by Crippen LogP contribution is -2.12. The standard InChI is InChI=1S/C7H14N4O2S/c1-9-3-2-4-11-6-7(5-10-11)14(8,12)13/h5-6,9H,2-4H2,1H3,(H2,8,12,13). The third-order valence-corrected chi connectivity index (χ3v) is 2.62. The Kier molecular flexibility index (Phi) is 3.62. The third kappa shape index (κ3) is 3.09. The Labute approximate surface area is 83.1 Å². The molecule has 0 unspecified atom stereocenters. The molecule has 0 amide bonds. The molecule has 1 rings (SSSR count). The van der Waals surface area contributed by atoms with Crippen LogP contribution >= 0.6 is 0 Å². The molecule has 0 bridgehead atoms. The number of primary sulfonamides is 1. The molecule has 0 atom stereocenters. The van der Waals surface area contributed by atoms with Gasteiger partial charge in [0.15, 0.2) is 0 Å². The number of aryl methyl sites for hydroxylation is 1. The molecule has 7 heteroatoms. The maximum atomic E-state index is 10.9. The summed E-state index contributed by atoms with van der Waals surface area (Å²) in [5.41, 5.74) is 0. The first-order chi connectivity index (χ1) is 6.54. The lowest BCUT2D eigenvalue weighted by molar-refractivity contribution is 0.561. The van der Waals surface area contributed by atoms with Gasteiger partial charge in [-0.2, -0.15) is 5.10 Å². The van der Waals surface area contributed by atoms with Crippen molar-refractivity contribution in [2.45, 2.75) is 17.9 Å². The van der Waals surface area contributed by atoms with E-state index in [0.29, 0.717) is 6.54 Å². The molecule has 0 saturated heterocycles. The molecule has 0 aliphatic rings. The highest BCUT2D eigenvalue weighted by Gasteiger charge is 2.09. The molecule has 0 spiro atoms. The molecule has 0 radical (unpaired) electrons. The molecule has 0 aromatic carbocycles. The van der Waals surface area contributed by atoms with E-state index in [1.54, 1.807) is 4.68 Å². The Morgan fingerprint density at radius 2 is 2.36 bits per heavy atom. The number of sulfonamides is 1. The van der Waals surface area contributed by atoms with E-state index < -0.39 is 10.0 Å². The van der Waals surface area contributed by atoms with Gasteiger partial charge in [0.1, 0.15) is 4.90 Å². The predicted octanol–water partition coefficient (Wildman–Crippen LogP) is -0.860. The fourth-order valence-electron chi connectivity index (χ4n) is 1.03. The van der Waals surface area contributed by atoms with Crippen LogP contribution in [0.15, 0.2) is 17.3 Å². The van der Waals surface area contributed by atoms with Crippen molar-refractivity contribution in [3.63, 3.8) is 0 Å². The van der Waals surface area contributed by atoms with E-state index in [1.807, 2.05) is 7.05 Å². The zero-order valence-electron chi connectivity index (χ0n) is 7.97. The summed E-state index contributed by atoms with van der Waals surface area (Å²) in [5, 5.41) is 11.8. The Morgan fingerprint density at radius 3 is 2.86 bits per heavy atom. The lowest BCUT2D eigenvalue weighted by atomic mass is 10.4. The van der Waals surface area contributed by atoms with Crippen molar-refractivity contribution in [2.75, 3.05) is 13.6 Å². The van der Waals surface area contributed by atoms with Crippen molar-refractivity contribution in [3.05, 3.63) is 12.4 Å². The zero-order chi connectivity index (χ0) is 10.6. The topological polar surface area (TPSA) is 90.0 Å². The van der Waals surface area contributed by atoms with Gasteiger partial charge in [-0.1, -0.05) is 0 Å². The Bertz CT molecular complexity index is 384. The van der Waals surface area contributed by atoms with Crippen LogP contribution in [0.1, 0.15) is 6.42 Å². The van der Waals surface area contributed by atoms with E-state index in [0.717, 1.165) is 13.0 Å². The van der Waals surface area contributed by atoms with E-state index in [9.17, 15) is 8.42 Å². The predicted molar refractivity (Wildman–Crippen MR) is 52.1 cm³/mol.